The highest BCUT2D eigenvalue weighted by atomic mass is 16.6. The van der Waals surface area contributed by atoms with Crippen LogP contribution < -0.4 is 4.74 Å². The number of esters is 3. The van der Waals surface area contributed by atoms with Crippen LogP contribution in [0.1, 0.15) is 41.7 Å². The molecule has 4 aromatic rings. The van der Waals surface area contributed by atoms with E-state index in [-0.39, 0.29) is 22.7 Å². The lowest BCUT2D eigenvalue weighted by Crippen LogP contribution is -2.09. The fourth-order valence-electron chi connectivity index (χ4n) is 5.95. The predicted octanol–water partition coefficient (Wildman–Crippen LogP) is 7.42. The molecule has 6 rings (SSSR count). The largest absolute Gasteiger partial charge is 0.497 e. The zero-order valence-corrected chi connectivity index (χ0v) is 26.8. The van der Waals surface area contributed by atoms with Gasteiger partial charge in [0.1, 0.15) is 22.7 Å². The Morgan fingerprint density at radius 1 is 0.702 bits per heavy atom. The molecule has 0 radical (unpaired) electrons. The maximum Gasteiger partial charge on any atom is 0.348 e. The van der Waals surface area contributed by atoms with E-state index >= 15 is 0 Å². The first-order valence-corrected chi connectivity index (χ1v) is 14.9. The summed E-state index contributed by atoms with van der Waals surface area (Å²) in [4.78, 5) is 40.0. The summed E-state index contributed by atoms with van der Waals surface area (Å²) in [6, 6.07) is 25.9. The second-order valence-corrected chi connectivity index (χ2v) is 11.2. The Bertz CT molecular complexity index is 2090. The Labute approximate surface area is 272 Å². The van der Waals surface area contributed by atoms with Gasteiger partial charge < -0.3 is 23.7 Å². The molecule has 8 heteroatoms. The molecule has 2 heterocycles. The van der Waals surface area contributed by atoms with Crippen molar-refractivity contribution in [3.63, 3.8) is 0 Å². The number of hydrogen-bond donors (Lipinski definition) is 0. The molecule has 4 aromatic carbocycles. The standard InChI is InChI=1S/C39H32O8/c1-21-10-12-26(13-11-21)32(37(40)45-6)36-35(44-5)33(39(42)47-36)29-9-7-8-25-14-15-27(20-30(25)29)31-23(3)34(46-38(31)41)22(2)24-16-18-28(43-4)19-17-24/h7-20H,1-6H3/b34-22-,36-32?. The Morgan fingerprint density at radius 2 is 1.36 bits per heavy atom. The molecule has 0 aliphatic carbocycles. The van der Waals surface area contributed by atoms with Gasteiger partial charge >= 0.3 is 17.9 Å². The van der Waals surface area contributed by atoms with Crippen molar-refractivity contribution in [2.45, 2.75) is 20.8 Å². The van der Waals surface area contributed by atoms with E-state index in [4.69, 9.17) is 23.7 Å². The summed E-state index contributed by atoms with van der Waals surface area (Å²) in [7, 11) is 4.29. The topological polar surface area (TPSA) is 97.4 Å². The predicted molar refractivity (Wildman–Crippen MR) is 178 cm³/mol. The summed E-state index contributed by atoms with van der Waals surface area (Å²) >= 11 is 0. The number of hydrogen-bond acceptors (Lipinski definition) is 8. The molecular formula is C39H32O8. The van der Waals surface area contributed by atoms with Crippen molar-refractivity contribution >= 4 is 51.0 Å². The molecule has 0 N–H and O–H groups in total. The average Bonchev–Trinajstić information content (AvgIpc) is 3.58. The molecule has 0 aromatic heterocycles. The van der Waals surface area contributed by atoms with Gasteiger partial charge in [-0.05, 0) is 72.0 Å². The zero-order valence-electron chi connectivity index (χ0n) is 26.8. The normalized spacial score (nSPS) is 16.7. The number of methoxy groups -OCH3 is 3. The van der Waals surface area contributed by atoms with E-state index in [1.54, 1.807) is 25.3 Å². The van der Waals surface area contributed by atoms with Gasteiger partial charge in [0.15, 0.2) is 11.5 Å². The van der Waals surface area contributed by atoms with Gasteiger partial charge in [0.2, 0.25) is 0 Å². The highest BCUT2D eigenvalue weighted by Gasteiger charge is 2.38. The number of benzene rings is 4. The Hall–Kier alpha value is -5.89. The summed E-state index contributed by atoms with van der Waals surface area (Å²) in [6.45, 7) is 5.69. The van der Waals surface area contributed by atoms with E-state index in [1.807, 2.05) is 87.5 Å². The third-order valence-corrected chi connectivity index (χ3v) is 8.41. The maximum absolute atomic E-state index is 13.6. The summed E-state index contributed by atoms with van der Waals surface area (Å²) in [5.41, 5.74) is 5.70. The van der Waals surface area contributed by atoms with Crippen molar-refractivity contribution in [3.05, 3.63) is 136 Å². The fourth-order valence-corrected chi connectivity index (χ4v) is 5.95. The van der Waals surface area contributed by atoms with Gasteiger partial charge in [-0.3, -0.25) is 0 Å². The van der Waals surface area contributed by atoms with Crippen LogP contribution in [0, 0.1) is 6.92 Å². The number of fused-ring (bicyclic) bond motifs is 1. The van der Waals surface area contributed by atoms with Crippen molar-refractivity contribution in [2.24, 2.45) is 0 Å². The van der Waals surface area contributed by atoms with Gasteiger partial charge in [-0.15, -0.1) is 0 Å². The molecule has 236 valence electrons. The first kappa shape index (κ1) is 31.1. The Kier molecular flexibility index (Phi) is 8.26. The number of carbonyl (C=O) groups is 3. The van der Waals surface area contributed by atoms with Crippen LogP contribution in [0.3, 0.4) is 0 Å². The molecule has 0 spiro atoms. The van der Waals surface area contributed by atoms with E-state index in [1.165, 1.54) is 14.2 Å². The number of cyclic esters (lactones) is 2. The van der Waals surface area contributed by atoms with Gasteiger partial charge in [0.05, 0.1) is 26.9 Å². The highest BCUT2D eigenvalue weighted by Crippen LogP contribution is 2.42. The lowest BCUT2D eigenvalue weighted by atomic mass is 9.92. The first-order valence-electron chi connectivity index (χ1n) is 14.9. The SMILES string of the molecule is COC(=O)C(=C1OC(=O)C(c2cccc3ccc(C4=C(C)/C(=C(\C)c5ccc(OC)cc5)OC4=O)cc23)=C1OC)c1ccc(C)cc1. The quantitative estimate of drug-likeness (QED) is 0.119. The second kappa shape index (κ2) is 12.5. The van der Waals surface area contributed by atoms with Gasteiger partial charge in [0.25, 0.3) is 0 Å². The molecule has 2 aliphatic rings. The molecule has 0 saturated carbocycles. The van der Waals surface area contributed by atoms with Crippen LogP contribution in [0.15, 0.2) is 108 Å². The van der Waals surface area contributed by atoms with Crippen LogP contribution >= 0.6 is 0 Å². The van der Waals surface area contributed by atoms with E-state index < -0.39 is 17.9 Å². The highest BCUT2D eigenvalue weighted by molar-refractivity contribution is 6.28. The molecule has 0 fully saturated rings. The smallest absolute Gasteiger partial charge is 0.348 e. The van der Waals surface area contributed by atoms with Gasteiger partial charge in [-0.2, -0.15) is 0 Å². The first-order chi connectivity index (χ1) is 22.7. The van der Waals surface area contributed by atoms with Gasteiger partial charge in [-0.25, -0.2) is 14.4 Å². The van der Waals surface area contributed by atoms with E-state index in [9.17, 15) is 14.4 Å². The van der Waals surface area contributed by atoms with Crippen LogP contribution in [-0.2, 0) is 33.3 Å². The lowest BCUT2D eigenvalue weighted by Gasteiger charge is -2.12. The van der Waals surface area contributed by atoms with Crippen LogP contribution in [0.4, 0.5) is 0 Å². The number of allylic oxidation sites excluding steroid dienone is 2. The van der Waals surface area contributed by atoms with Crippen LogP contribution in [0.5, 0.6) is 5.75 Å². The van der Waals surface area contributed by atoms with Crippen molar-refractivity contribution < 1.29 is 38.1 Å². The summed E-state index contributed by atoms with van der Waals surface area (Å²) in [6.07, 6.45) is 0. The fraction of sp³-hybridized carbons (Fsp3) is 0.154. The molecule has 8 nitrogen and oxygen atoms in total. The molecule has 0 atom stereocenters. The van der Waals surface area contributed by atoms with Crippen LogP contribution in [0.25, 0.3) is 33.1 Å². The average molecular weight is 629 g/mol. The van der Waals surface area contributed by atoms with Gasteiger partial charge in [0, 0.05) is 11.1 Å². The zero-order chi connectivity index (χ0) is 33.4. The third-order valence-electron chi connectivity index (χ3n) is 8.41. The maximum atomic E-state index is 13.6. The minimum Gasteiger partial charge on any atom is -0.497 e. The van der Waals surface area contributed by atoms with E-state index in [0.717, 1.165) is 27.8 Å². The number of ether oxygens (including phenoxy) is 5. The van der Waals surface area contributed by atoms with Crippen molar-refractivity contribution in [1.82, 2.24) is 0 Å². The second-order valence-electron chi connectivity index (χ2n) is 11.2. The van der Waals surface area contributed by atoms with Gasteiger partial charge in [-0.1, -0.05) is 72.3 Å². The van der Waals surface area contributed by atoms with Crippen molar-refractivity contribution in [2.75, 3.05) is 21.3 Å². The Morgan fingerprint density at radius 3 is 2.02 bits per heavy atom. The lowest BCUT2D eigenvalue weighted by molar-refractivity contribution is -0.134. The van der Waals surface area contributed by atoms with E-state index in [2.05, 4.69) is 0 Å². The number of carbonyl (C=O) groups excluding carboxylic acids is 3. The minimum atomic E-state index is -0.681. The molecule has 0 saturated heterocycles. The molecule has 0 bridgehead atoms. The van der Waals surface area contributed by atoms with Crippen molar-refractivity contribution in [1.29, 1.82) is 0 Å². The third kappa shape index (κ3) is 5.48. The van der Waals surface area contributed by atoms with Crippen molar-refractivity contribution in [3.8, 4) is 5.75 Å². The monoisotopic (exact) mass is 628 g/mol. The Balaban J connectivity index is 1.51. The summed E-state index contributed by atoms with van der Waals surface area (Å²) in [5.74, 6) is -0.531. The summed E-state index contributed by atoms with van der Waals surface area (Å²) < 4.78 is 27.7. The summed E-state index contributed by atoms with van der Waals surface area (Å²) in [5, 5.41) is 1.50. The molecule has 47 heavy (non-hydrogen) atoms. The number of aryl methyl sites for hydroxylation is 1. The minimum absolute atomic E-state index is 0.0296. The van der Waals surface area contributed by atoms with Crippen LogP contribution in [-0.4, -0.2) is 39.2 Å². The van der Waals surface area contributed by atoms with E-state index in [0.29, 0.717) is 39.0 Å². The molecule has 0 amide bonds. The molecule has 2 aliphatic heterocycles. The number of rotatable bonds is 7. The van der Waals surface area contributed by atoms with Crippen LogP contribution in [0.2, 0.25) is 0 Å². The molecular weight excluding hydrogens is 596 g/mol. The molecule has 0 unspecified atom stereocenters.